The number of hydrogen-bond donors (Lipinski definition) is 0. The van der Waals surface area contributed by atoms with Gasteiger partial charge in [-0.25, -0.2) is 0 Å². The summed E-state index contributed by atoms with van der Waals surface area (Å²) >= 11 is 4.58. The Bertz CT molecular complexity index is 20.0. The molecule has 0 aliphatic carbocycles. The van der Waals surface area contributed by atoms with E-state index in [0.717, 1.165) is 14.3 Å². The third-order valence-corrected chi connectivity index (χ3v) is 1.30. The van der Waals surface area contributed by atoms with Crippen molar-refractivity contribution in [2.45, 2.75) is 13.0 Å². The second kappa shape index (κ2) is 3.44. The molecule has 0 amide bonds. The molecule has 0 rings (SSSR count). The highest BCUT2D eigenvalue weighted by atomic mass is 32.2. The Morgan fingerprint density at radius 2 is 2.25 bits per heavy atom. The molecule has 0 aromatic heterocycles. The first-order valence-electron chi connectivity index (χ1n) is 1.26. The molecule has 0 fully saturated rings. The fraction of sp³-hybridized carbons (Fsp3) is 1.00. The van der Waals surface area contributed by atoms with Crippen molar-refractivity contribution >= 4 is 19.9 Å². The smallest absolute Gasteiger partial charge is 0.114 e. The zero-order valence-corrected chi connectivity index (χ0v) is 4.43. The maximum atomic E-state index is 4.58. The van der Waals surface area contributed by atoms with Crippen LogP contribution in [0.2, 0.25) is 6.04 Å². The normalized spacial score (nSPS) is 6.25. The predicted molar refractivity (Wildman–Crippen MR) is 23.8 cm³/mol. The highest BCUT2D eigenvalue weighted by Gasteiger charge is 1.51. The molecule has 23 valence electrons. The summed E-state index contributed by atoms with van der Waals surface area (Å²) in [6.07, 6.45) is 0. The molecule has 0 saturated carbocycles. The van der Waals surface area contributed by atoms with Crippen molar-refractivity contribution in [1.29, 1.82) is 0 Å². The summed E-state index contributed by atoms with van der Waals surface area (Å²) in [5.74, 6) is 0. The van der Waals surface area contributed by atoms with Gasteiger partial charge in [0.2, 0.25) is 0 Å². The highest BCUT2D eigenvalue weighted by Crippen LogP contribution is 1.60. The van der Waals surface area contributed by atoms with E-state index in [1.165, 1.54) is 0 Å². The van der Waals surface area contributed by atoms with Crippen molar-refractivity contribution in [3.05, 3.63) is 0 Å². The Labute approximate surface area is 33.6 Å². The number of hydrogen-bond acceptors (Lipinski definition) is 1. The fourth-order valence-corrected chi connectivity index (χ4v) is 0. The van der Waals surface area contributed by atoms with Crippen LogP contribution in [-0.2, 0) is 0 Å². The van der Waals surface area contributed by atoms with Gasteiger partial charge in [-0.3, -0.25) is 0 Å². The Morgan fingerprint density at radius 1 is 2.00 bits per heavy atom. The second-order valence-electron chi connectivity index (χ2n) is 0.498. The van der Waals surface area contributed by atoms with Gasteiger partial charge in [0.25, 0.3) is 0 Å². The van der Waals surface area contributed by atoms with Gasteiger partial charge in [-0.15, -0.1) is 11.6 Å². The predicted octanol–water partition coefficient (Wildman–Crippen LogP) is 1.24. The molecule has 0 nitrogen and oxygen atoms in total. The Balaban J connectivity index is 2.30. The van der Waals surface area contributed by atoms with E-state index >= 15 is 0 Å². The third-order valence-electron chi connectivity index (χ3n) is 0.144. The minimum Gasteiger partial charge on any atom is -0.138 e. The Hall–Kier alpha value is 0.437. The van der Waals surface area contributed by atoms with Crippen LogP contribution < -0.4 is 0 Å². The van der Waals surface area contributed by atoms with Crippen LogP contribution in [0.15, 0.2) is 0 Å². The summed E-state index contributed by atoms with van der Waals surface area (Å²) in [5.41, 5.74) is 0. The molecular formula is C2H5SSi. The molecule has 0 aromatic carbocycles. The van der Waals surface area contributed by atoms with Crippen LogP contribution in [0, 0.1) is 0 Å². The SMILES string of the molecule is CC[Si]=S. The lowest BCUT2D eigenvalue weighted by Gasteiger charge is -1.51. The summed E-state index contributed by atoms with van der Waals surface area (Å²) in [6.45, 7) is 2.09. The van der Waals surface area contributed by atoms with Gasteiger partial charge >= 0.3 is 0 Å². The molecule has 0 unspecified atom stereocenters. The third kappa shape index (κ3) is 2.44. The summed E-state index contributed by atoms with van der Waals surface area (Å²) in [5, 5.41) is 0. The van der Waals surface area contributed by atoms with Crippen LogP contribution in [0.4, 0.5) is 0 Å². The van der Waals surface area contributed by atoms with Crippen molar-refractivity contribution < 1.29 is 0 Å². The lowest BCUT2D eigenvalue weighted by molar-refractivity contribution is 1.48. The summed E-state index contributed by atoms with van der Waals surface area (Å²) in [7, 11) is 0.724. The molecule has 0 bridgehead atoms. The van der Waals surface area contributed by atoms with Crippen molar-refractivity contribution in [3.8, 4) is 0 Å². The molecule has 2 heteroatoms. The van der Waals surface area contributed by atoms with Crippen LogP contribution in [0.1, 0.15) is 6.92 Å². The average Bonchev–Trinajstić information content (AvgIpc) is 1.37. The Morgan fingerprint density at radius 3 is 2.25 bits per heavy atom. The van der Waals surface area contributed by atoms with Crippen molar-refractivity contribution in [3.63, 3.8) is 0 Å². The molecule has 0 N–H and O–H groups in total. The van der Waals surface area contributed by atoms with E-state index in [-0.39, 0.29) is 0 Å². The summed E-state index contributed by atoms with van der Waals surface area (Å²) < 4.78 is 0. The lowest BCUT2D eigenvalue weighted by Crippen LogP contribution is -1.51. The molecule has 0 saturated heterocycles. The minimum absolute atomic E-state index is 0.724. The number of rotatable bonds is 1. The van der Waals surface area contributed by atoms with Gasteiger partial charge < -0.3 is 0 Å². The molecule has 0 aromatic rings. The molecule has 1 radical (unpaired) electrons. The highest BCUT2D eigenvalue weighted by molar-refractivity contribution is 7.85. The Kier molecular flexibility index (Phi) is 3.81. The lowest BCUT2D eigenvalue weighted by atomic mass is 11.0. The monoisotopic (exact) mass is 89.0 g/mol. The molecular weight excluding hydrogens is 84.2 g/mol. The summed E-state index contributed by atoms with van der Waals surface area (Å²) in [4.78, 5) is 0. The maximum Gasteiger partial charge on any atom is 0.114 e. The average molecular weight is 89.2 g/mol. The van der Waals surface area contributed by atoms with E-state index in [4.69, 9.17) is 0 Å². The van der Waals surface area contributed by atoms with Crippen LogP contribution in [-0.4, -0.2) is 8.23 Å². The molecule has 0 aliphatic heterocycles. The van der Waals surface area contributed by atoms with Crippen LogP contribution >= 0.6 is 11.6 Å². The van der Waals surface area contributed by atoms with E-state index < -0.39 is 0 Å². The van der Waals surface area contributed by atoms with Crippen molar-refractivity contribution in [2.24, 2.45) is 0 Å². The zero-order valence-electron chi connectivity index (χ0n) is 2.62. The maximum absolute atomic E-state index is 4.58. The van der Waals surface area contributed by atoms with Gasteiger partial charge in [0.05, 0.1) is 0 Å². The van der Waals surface area contributed by atoms with Crippen molar-refractivity contribution in [1.82, 2.24) is 0 Å². The molecule has 0 atom stereocenters. The van der Waals surface area contributed by atoms with Gasteiger partial charge in [0.1, 0.15) is 8.23 Å². The van der Waals surface area contributed by atoms with Gasteiger partial charge in [-0.2, -0.15) is 0 Å². The molecule has 0 heterocycles. The van der Waals surface area contributed by atoms with E-state index in [9.17, 15) is 0 Å². The van der Waals surface area contributed by atoms with Crippen molar-refractivity contribution in [2.75, 3.05) is 0 Å². The molecule has 0 aliphatic rings. The van der Waals surface area contributed by atoms with E-state index in [2.05, 4.69) is 18.5 Å². The topological polar surface area (TPSA) is 0 Å². The van der Waals surface area contributed by atoms with Gasteiger partial charge in [-0.1, -0.05) is 6.92 Å². The summed E-state index contributed by atoms with van der Waals surface area (Å²) in [6, 6.07) is 1.16. The minimum atomic E-state index is 0.724. The van der Waals surface area contributed by atoms with E-state index in [1.807, 2.05) is 0 Å². The standard InChI is InChI=1S/C2H5SSi/c1-2-4-3/h2H2,1H3. The largest absolute Gasteiger partial charge is 0.138 e. The first-order valence-corrected chi connectivity index (χ1v) is 3.60. The quantitative estimate of drug-likeness (QED) is 0.436. The second-order valence-corrected chi connectivity index (χ2v) is 2.36. The first kappa shape index (κ1) is 4.44. The fourth-order valence-electron chi connectivity index (χ4n) is 0. The first-order chi connectivity index (χ1) is 1.91. The van der Waals surface area contributed by atoms with Gasteiger partial charge in [-0.05, 0) is 6.04 Å². The zero-order chi connectivity index (χ0) is 3.41. The van der Waals surface area contributed by atoms with Crippen LogP contribution in [0.25, 0.3) is 0 Å². The van der Waals surface area contributed by atoms with E-state index in [0.29, 0.717) is 0 Å². The molecule has 4 heavy (non-hydrogen) atoms. The van der Waals surface area contributed by atoms with Gasteiger partial charge in [0.15, 0.2) is 0 Å². The molecule has 0 spiro atoms. The van der Waals surface area contributed by atoms with Crippen LogP contribution in [0.5, 0.6) is 0 Å². The van der Waals surface area contributed by atoms with Gasteiger partial charge in [0, 0.05) is 0 Å². The van der Waals surface area contributed by atoms with E-state index in [1.54, 1.807) is 0 Å². The van der Waals surface area contributed by atoms with Crippen LogP contribution in [0.3, 0.4) is 0 Å².